The van der Waals surface area contributed by atoms with Crippen molar-refractivity contribution >= 4 is 6.08 Å². The fourth-order valence-corrected chi connectivity index (χ4v) is 2.82. The number of hydrogen-bond acceptors (Lipinski definition) is 2. The lowest BCUT2D eigenvalue weighted by Gasteiger charge is -2.30. The molecule has 2 aromatic carbocycles. The van der Waals surface area contributed by atoms with E-state index in [2.05, 4.69) is 66.0 Å². The molecule has 1 aliphatic heterocycles. The third-order valence-electron chi connectivity index (χ3n) is 4.05. The standard InChI is InChI=1S/C20H23NO/c1-3-8-17(9-4-1)13-14-19-20(12-7-15-21-19)22-16-18-10-5-2-6-11-18/h1-6,8-11,13-14,19-21H,7,12,15-16H2/b14-13+/t19-,20+/m0/s1. The topological polar surface area (TPSA) is 21.3 Å². The molecule has 22 heavy (non-hydrogen) atoms. The van der Waals surface area contributed by atoms with Crippen molar-refractivity contribution in [3.63, 3.8) is 0 Å². The molecule has 2 nitrogen and oxygen atoms in total. The Morgan fingerprint density at radius 2 is 1.73 bits per heavy atom. The fraction of sp³-hybridized carbons (Fsp3) is 0.300. The van der Waals surface area contributed by atoms with Crippen LogP contribution in [0.5, 0.6) is 0 Å². The minimum Gasteiger partial charge on any atom is -0.372 e. The fourth-order valence-electron chi connectivity index (χ4n) is 2.82. The van der Waals surface area contributed by atoms with Gasteiger partial charge in [0, 0.05) is 0 Å². The highest BCUT2D eigenvalue weighted by atomic mass is 16.5. The molecule has 1 fully saturated rings. The third kappa shape index (κ3) is 4.30. The smallest absolute Gasteiger partial charge is 0.0768 e. The van der Waals surface area contributed by atoms with E-state index in [9.17, 15) is 0 Å². The van der Waals surface area contributed by atoms with Crippen LogP contribution in [0.4, 0.5) is 0 Å². The zero-order valence-corrected chi connectivity index (χ0v) is 12.8. The Morgan fingerprint density at radius 1 is 1.00 bits per heavy atom. The summed E-state index contributed by atoms with van der Waals surface area (Å²) in [5.74, 6) is 0. The van der Waals surface area contributed by atoms with E-state index in [0.29, 0.717) is 6.61 Å². The van der Waals surface area contributed by atoms with Crippen molar-refractivity contribution in [3.8, 4) is 0 Å². The molecule has 1 heterocycles. The summed E-state index contributed by atoms with van der Waals surface area (Å²) in [6.07, 6.45) is 6.96. The van der Waals surface area contributed by atoms with Gasteiger partial charge in [-0.3, -0.25) is 0 Å². The van der Waals surface area contributed by atoms with Gasteiger partial charge in [-0.05, 0) is 30.5 Å². The first-order valence-electron chi connectivity index (χ1n) is 8.04. The summed E-state index contributed by atoms with van der Waals surface area (Å²) in [5.41, 5.74) is 2.47. The maximum atomic E-state index is 6.16. The highest BCUT2D eigenvalue weighted by Crippen LogP contribution is 2.17. The lowest BCUT2D eigenvalue weighted by molar-refractivity contribution is 0.00848. The maximum Gasteiger partial charge on any atom is 0.0768 e. The second kappa shape index (κ2) is 7.92. The minimum absolute atomic E-state index is 0.244. The van der Waals surface area contributed by atoms with Crippen LogP contribution in [0.1, 0.15) is 24.0 Å². The quantitative estimate of drug-likeness (QED) is 0.898. The molecule has 114 valence electrons. The van der Waals surface area contributed by atoms with E-state index in [1.54, 1.807) is 0 Å². The molecule has 0 bridgehead atoms. The highest BCUT2D eigenvalue weighted by molar-refractivity contribution is 5.49. The van der Waals surface area contributed by atoms with Gasteiger partial charge in [-0.15, -0.1) is 0 Å². The van der Waals surface area contributed by atoms with Crippen molar-refractivity contribution in [2.45, 2.75) is 31.6 Å². The Morgan fingerprint density at radius 3 is 2.50 bits per heavy atom. The zero-order valence-electron chi connectivity index (χ0n) is 12.8. The van der Waals surface area contributed by atoms with E-state index in [-0.39, 0.29) is 12.1 Å². The van der Waals surface area contributed by atoms with E-state index < -0.39 is 0 Å². The Bertz CT molecular complexity index is 579. The molecule has 3 rings (SSSR count). The van der Waals surface area contributed by atoms with E-state index in [4.69, 9.17) is 4.74 Å². The van der Waals surface area contributed by atoms with E-state index >= 15 is 0 Å². The summed E-state index contributed by atoms with van der Waals surface area (Å²) in [7, 11) is 0. The van der Waals surface area contributed by atoms with Crippen LogP contribution in [0, 0.1) is 0 Å². The molecule has 1 aliphatic rings. The van der Waals surface area contributed by atoms with Crippen LogP contribution in [-0.2, 0) is 11.3 Å². The third-order valence-corrected chi connectivity index (χ3v) is 4.05. The largest absolute Gasteiger partial charge is 0.372 e. The molecule has 2 aromatic rings. The Hall–Kier alpha value is -1.90. The second-order valence-corrected chi connectivity index (χ2v) is 5.73. The average Bonchev–Trinajstić information content (AvgIpc) is 2.61. The summed E-state index contributed by atoms with van der Waals surface area (Å²) in [6, 6.07) is 21.1. The summed E-state index contributed by atoms with van der Waals surface area (Å²) < 4.78 is 6.16. The summed E-state index contributed by atoms with van der Waals surface area (Å²) >= 11 is 0. The normalized spacial score (nSPS) is 22.0. The molecule has 2 heteroatoms. The van der Waals surface area contributed by atoms with Gasteiger partial charge in [0.05, 0.1) is 18.8 Å². The first-order valence-corrected chi connectivity index (χ1v) is 8.04. The van der Waals surface area contributed by atoms with Crippen LogP contribution in [0.25, 0.3) is 6.08 Å². The van der Waals surface area contributed by atoms with E-state index in [0.717, 1.165) is 13.0 Å². The van der Waals surface area contributed by atoms with Crippen LogP contribution in [-0.4, -0.2) is 18.7 Å². The molecule has 0 spiro atoms. The Balaban J connectivity index is 1.60. The predicted molar refractivity (Wildman–Crippen MR) is 91.5 cm³/mol. The molecule has 1 N–H and O–H groups in total. The molecule has 0 amide bonds. The maximum absolute atomic E-state index is 6.16. The first-order chi connectivity index (χ1) is 10.9. The lowest BCUT2D eigenvalue weighted by Crippen LogP contribution is -2.44. The highest BCUT2D eigenvalue weighted by Gasteiger charge is 2.23. The van der Waals surface area contributed by atoms with E-state index in [1.165, 1.54) is 17.5 Å². The van der Waals surface area contributed by atoms with Crippen LogP contribution in [0.3, 0.4) is 0 Å². The lowest BCUT2D eigenvalue weighted by atomic mass is 10.00. The monoisotopic (exact) mass is 293 g/mol. The van der Waals surface area contributed by atoms with E-state index in [1.807, 2.05) is 12.1 Å². The molecular weight excluding hydrogens is 270 g/mol. The number of rotatable bonds is 5. The van der Waals surface area contributed by atoms with Crippen molar-refractivity contribution in [1.29, 1.82) is 0 Å². The van der Waals surface area contributed by atoms with Crippen LogP contribution >= 0.6 is 0 Å². The van der Waals surface area contributed by atoms with Gasteiger partial charge in [-0.1, -0.05) is 72.8 Å². The number of nitrogens with one attached hydrogen (secondary N) is 1. The summed E-state index contributed by atoms with van der Waals surface area (Å²) in [5, 5.41) is 3.56. The van der Waals surface area contributed by atoms with Gasteiger partial charge in [0.2, 0.25) is 0 Å². The van der Waals surface area contributed by atoms with Crippen molar-refractivity contribution in [1.82, 2.24) is 5.32 Å². The molecule has 0 aliphatic carbocycles. The van der Waals surface area contributed by atoms with Crippen molar-refractivity contribution in [3.05, 3.63) is 77.9 Å². The predicted octanol–water partition coefficient (Wildman–Crippen LogP) is 4.04. The van der Waals surface area contributed by atoms with Gasteiger partial charge in [-0.2, -0.15) is 0 Å². The average molecular weight is 293 g/mol. The number of benzene rings is 2. The van der Waals surface area contributed by atoms with Crippen molar-refractivity contribution in [2.24, 2.45) is 0 Å². The van der Waals surface area contributed by atoms with Gasteiger partial charge < -0.3 is 10.1 Å². The van der Waals surface area contributed by atoms with Crippen LogP contribution in [0.15, 0.2) is 66.7 Å². The zero-order chi connectivity index (χ0) is 15.0. The molecule has 1 saturated heterocycles. The van der Waals surface area contributed by atoms with Crippen LogP contribution < -0.4 is 5.32 Å². The molecule has 2 atom stereocenters. The van der Waals surface area contributed by atoms with Crippen LogP contribution in [0.2, 0.25) is 0 Å². The van der Waals surface area contributed by atoms with Crippen molar-refractivity contribution < 1.29 is 4.74 Å². The first kappa shape index (κ1) is 15.0. The molecule has 0 saturated carbocycles. The van der Waals surface area contributed by atoms with Gasteiger partial charge in [0.15, 0.2) is 0 Å². The van der Waals surface area contributed by atoms with Crippen molar-refractivity contribution in [2.75, 3.05) is 6.54 Å². The van der Waals surface area contributed by atoms with Gasteiger partial charge >= 0.3 is 0 Å². The Labute approximate surface area is 132 Å². The number of hydrogen-bond donors (Lipinski definition) is 1. The van der Waals surface area contributed by atoms with Gasteiger partial charge in [0.25, 0.3) is 0 Å². The summed E-state index contributed by atoms with van der Waals surface area (Å²) in [6.45, 7) is 1.75. The van der Waals surface area contributed by atoms with Gasteiger partial charge in [0.1, 0.15) is 0 Å². The van der Waals surface area contributed by atoms with Gasteiger partial charge in [-0.25, -0.2) is 0 Å². The second-order valence-electron chi connectivity index (χ2n) is 5.73. The molecule has 0 radical (unpaired) electrons. The Kier molecular flexibility index (Phi) is 5.41. The number of ether oxygens (including phenoxy) is 1. The number of piperidine rings is 1. The molecular formula is C20H23NO. The summed E-state index contributed by atoms with van der Waals surface area (Å²) in [4.78, 5) is 0. The minimum atomic E-state index is 0.244. The molecule has 0 aromatic heterocycles. The SMILES string of the molecule is C(=C\[C@@H]1NCCC[C@H]1OCc1ccccc1)/c1ccccc1. The molecule has 0 unspecified atom stereocenters.